The van der Waals surface area contributed by atoms with E-state index in [2.05, 4.69) is 0 Å². The third-order valence-electron chi connectivity index (χ3n) is 1.13. The first-order valence-corrected chi connectivity index (χ1v) is 2.74. The molecule has 0 aliphatic carbocycles. The van der Waals surface area contributed by atoms with Crippen LogP contribution in [0.5, 0.6) is 0 Å². The van der Waals surface area contributed by atoms with Crippen molar-refractivity contribution in [2.45, 2.75) is 12.9 Å². The maximum Gasteiger partial charge on any atom is 0.128 e. The lowest BCUT2D eigenvalue weighted by Gasteiger charge is -2.03. The SMILES string of the molecule is [2H]C([2H])([2H])C([2H])(O)c1ccccc1F. The molecule has 0 fully saturated rings. The van der Waals surface area contributed by atoms with Gasteiger partial charge in [0.25, 0.3) is 0 Å². The van der Waals surface area contributed by atoms with Crippen LogP contribution in [0.4, 0.5) is 4.39 Å². The van der Waals surface area contributed by atoms with E-state index in [0.29, 0.717) is 0 Å². The Morgan fingerprint density at radius 2 is 2.40 bits per heavy atom. The van der Waals surface area contributed by atoms with Crippen LogP contribution in [0, 0.1) is 5.82 Å². The van der Waals surface area contributed by atoms with E-state index in [1.807, 2.05) is 0 Å². The molecule has 0 saturated heterocycles. The molecule has 0 aliphatic heterocycles. The maximum atomic E-state index is 13.1. The van der Waals surface area contributed by atoms with Crippen LogP contribution in [0.3, 0.4) is 0 Å². The molecule has 1 rings (SSSR count). The summed E-state index contributed by atoms with van der Waals surface area (Å²) in [5.74, 6) is -0.902. The highest BCUT2D eigenvalue weighted by atomic mass is 19.1. The van der Waals surface area contributed by atoms with Gasteiger partial charge in [0, 0.05) is 9.68 Å². The molecule has 0 saturated carbocycles. The van der Waals surface area contributed by atoms with Gasteiger partial charge in [-0.05, 0) is 12.9 Å². The number of hydrogen-bond acceptors (Lipinski definition) is 1. The Kier molecular flexibility index (Phi) is 0.975. The van der Waals surface area contributed by atoms with Crippen molar-refractivity contribution in [3.05, 3.63) is 35.6 Å². The molecule has 0 spiro atoms. The molecule has 1 aromatic carbocycles. The molecule has 0 amide bonds. The van der Waals surface area contributed by atoms with Gasteiger partial charge in [0.15, 0.2) is 0 Å². The highest BCUT2D eigenvalue weighted by Gasteiger charge is 2.04. The molecule has 0 heterocycles. The molecular weight excluding hydrogens is 131 g/mol. The van der Waals surface area contributed by atoms with E-state index in [4.69, 9.17) is 5.48 Å². The zero-order chi connectivity index (χ0) is 11.0. The number of benzene rings is 1. The van der Waals surface area contributed by atoms with Crippen LogP contribution in [0.25, 0.3) is 0 Å². The monoisotopic (exact) mass is 144 g/mol. The van der Waals surface area contributed by atoms with Crippen molar-refractivity contribution >= 4 is 0 Å². The number of hydrogen-bond donors (Lipinski definition) is 1. The van der Waals surface area contributed by atoms with Gasteiger partial charge in [-0.15, -0.1) is 0 Å². The largest absolute Gasteiger partial charge is 0.389 e. The molecule has 10 heavy (non-hydrogen) atoms. The summed E-state index contributed by atoms with van der Waals surface area (Å²) < 4.78 is 41.0. The van der Waals surface area contributed by atoms with Crippen LogP contribution >= 0.6 is 0 Å². The van der Waals surface area contributed by atoms with Crippen LogP contribution in [0.1, 0.15) is 24.0 Å². The summed E-state index contributed by atoms with van der Waals surface area (Å²) in [5, 5.41) is 9.37. The van der Waals surface area contributed by atoms with Crippen LogP contribution in [-0.4, -0.2) is 5.11 Å². The van der Waals surface area contributed by atoms with E-state index < -0.39 is 24.3 Å². The second-order valence-electron chi connectivity index (χ2n) is 1.83. The molecule has 1 unspecified atom stereocenters. The van der Waals surface area contributed by atoms with E-state index in [-0.39, 0.29) is 0 Å². The Morgan fingerprint density at radius 1 is 1.70 bits per heavy atom. The number of halogens is 1. The molecule has 0 aromatic heterocycles. The average molecular weight is 144 g/mol. The first-order valence-electron chi connectivity index (χ1n) is 4.74. The summed E-state index contributed by atoms with van der Waals surface area (Å²) in [6, 6.07) is 4.80. The van der Waals surface area contributed by atoms with Crippen LogP contribution in [0.15, 0.2) is 24.3 Å². The smallest absolute Gasteiger partial charge is 0.128 e. The zero-order valence-electron chi connectivity index (χ0n) is 9.13. The number of aliphatic hydroxyl groups is 1. The molecule has 1 aromatic rings. The standard InChI is InChI=1S/C8H9FO/c1-6(10)7-4-2-3-5-8(7)9/h2-6,10H,1H3/i1D3,6D. The third-order valence-corrected chi connectivity index (χ3v) is 1.13. The summed E-state index contributed by atoms with van der Waals surface area (Å²) >= 11 is 0. The summed E-state index contributed by atoms with van der Waals surface area (Å²) in [7, 11) is 0. The molecule has 1 atom stereocenters. The van der Waals surface area contributed by atoms with Gasteiger partial charge in [-0.1, -0.05) is 18.2 Å². The van der Waals surface area contributed by atoms with Gasteiger partial charge in [-0.3, -0.25) is 0 Å². The van der Waals surface area contributed by atoms with Gasteiger partial charge >= 0.3 is 0 Å². The summed E-state index contributed by atoms with van der Waals surface area (Å²) in [4.78, 5) is 0. The minimum atomic E-state index is -2.98. The van der Waals surface area contributed by atoms with Gasteiger partial charge in [-0.25, -0.2) is 4.39 Å². The van der Waals surface area contributed by atoms with Crippen LogP contribution in [0.2, 0.25) is 0 Å². The molecule has 0 radical (unpaired) electrons. The average Bonchev–Trinajstić information content (AvgIpc) is 2.02. The zero-order valence-corrected chi connectivity index (χ0v) is 5.13. The van der Waals surface area contributed by atoms with Crippen molar-refractivity contribution in [2.24, 2.45) is 0 Å². The van der Waals surface area contributed by atoms with E-state index in [1.54, 1.807) is 0 Å². The Morgan fingerprint density at radius 3 is 3.00 bits per heavy atom. The fourth-order valence-electron chi connectivity index (χ4n) is 0.653. The first kappa shape index (κ1) is 3.49. The highest BCUT2D eigenvalue weighted by molar-refractivity contribution is 5.18. The van der Waals surface area contributed by atoms with Crippen LogP contribution < -0.4 is 0 Å². The maximum absolute atomic E-state index is 13.1. The molecule has 1 N–H and O–H groups in total. The second kappa shape index (κ2) is 2.80. The number of rotatable bonds is 1. The van der Waals surface area contributed by atoms with E-state index in [9.17, 15) is 9.50 Å². The van der Waals surface area contributed by atoms with E-state index >= 15 is 0 Å². The van der Waals surface area contributed by atoms with Gasteiger partial charge in [0.05, 0.1) is 7.45 Å². The summed E-state index contributed by atoms with van der Waals surface area (Å²) in [6.45, 7) is -2.98. The third kappa shape index (κ3) is 1.33. The van der Waals surface area contributed by atoms with Crippen molar-refractivity contribution in [3.8, 4) is 0 Å². The molecule has 1 nitrogen and oxygen atoms in total. The van der Waals surface area contributed by atoms with Crippen molar-refractivity contribution in [1.29, 1.82) is 0 Å². The highest BCUT2D eigenvalue weighted by Crippen LogP contribution is 2.14. The van der Waals surface area contributed by atoms with E-state index in [0.717, 1.165) is 12.1 Å². The lowest BCUT2D eigenvalue weighted by atomic mass is 10.1. The quantitative estimate of drug-likeness (QED) is 0.638. The predicted molar refractivity (Wildman–Crippen MR) is 37.0 cm³/mol. The minimum Gasteiger partial charge on any atom is -0.389 e. The van der Waals surface area contributed by atoms with Gasteiger partial charge in [-0.2, -0.15) is 0 Å². The topological polar surface area (TPSA) is 20.2 Å². The Balaban J connectivity index is 3.23. The Bertz CT molecular complexity index is 334. The van der Waals surface area contributed by atoms with Crippen molar-refractivity contribution < 1.29 is 15.0 Å². The van der Waals surface area contributed by atoms with Gasteiger partial charge < -0.3 is 5.11 Å². The lowest BCUT2D eigenvalue weighted by Crippen LogP contribution is -1.93. The molecule has 0 aliphatic rings. The minimum absolute atomic E-state index is 0.542. The lowest BCUT2D eigenvalue weighted by molar-refractivity contribution is 0.194. The predicted octanol–water partition coefficient (Wildman–Crippen LogP) is 1.88. The fourth-order valence-corrected chi connectivity index (χ4v) is 0.653. The van der Waals surface area contributed by atoms with E-state index in [1.165, 1.54) is 12.1 Å². The second-order valence-corrected chi connectivity index (χ2v) is 1.83. The normalized spacial score (nSPS) is 23.4. The van der Waals surface area contributed by atoms with Crippen molar-refractivity contribution in [3.63, 3.8) is 0 Å². The summed E-state index contributed by atoms with van der Waals surface area (Å²) in [6.07, 6.45) is -2.90. The van der Waals surface area contributed by atoms with Gasteiger partial charge in [0.2, 0.25) is 0 Å². The Labute approximate surface area is 64.7 Å². The molecular formula is C8H9FO. The molecule has 2 heteroatoms. The Hall–Kier alpha value is -0.890. The summed E-state index contributed by atoms with van der Waals surface area (Å²) in [5.41, 5.74) is -0.542. The van der Waals surface area contributed by atoms with Gasteiger partial charge in [0.1, 0.15) is 5.82 Å². The van der Waals surface area contributed by atoms with Crippen molar-refractivity contribution in [1.82, 2.24) is 0 Å². The van der Waals surface area contributed by atoms with Crippen molar-refractivity contribution in [2.75, 3.05) is 0 Å². The first-order chi connectivity index (χ1) is 6.27. The molecule has 0 bridgehead atoms. The molecule has 54 valence electrons. The fraction of sp³-hybridized carbons (Fsp3) is 0.250. The van der Waals surface area contributed by atoms with Crippen LogP contribution in [-0.2, 0) is 0 Å².